The molecule has 21 heavy (non-hydrogen) atoms. The number of para-hydroxylation sites is 1. The molecule has 0 aliphatic heterocycles. The Morgan fingerprint density at radius 3 is 2.29 bits per heavy atom. The molecule has 0 spiro atoms. The molecule has 0 aromatic heterocycles. The van der Waals surface area contributed by atoms with Crippen LogP contribution < -0.4 is 10.6 Å². The summed E-state index contributed by atoms with van der Waals surface area (Å²) >= 11 is 0. The summed E-state index contributed by atoms with van der Waals surface area (Å²) in [5.41, 5.74) is -1.05. The highest BCUT2D eigenvalue weighted by Gasteiger charge is 2.22. The molecule has 1 aromatic carbocycles. The first-order valence-electron chi connectivity index (χ1n) is 6.41. The molecular weight excluding hydrogens is 282 g/mol. The first kappa shape index (κ1) is 17.0. The number of halogens is 2. The Balaban J connectivity index is 2.62. The van der Waals surface area contributed by atoms with Gasteiger partial charge in [0.2, 0.25) is 0 Å². The van der Waals surface area contributed by atoms with Crippen molar-refractivity contribution in [1.82, 2.24) is 5.32 Å². The van der Waals surface area contributed by atoms with Crippen molar-refractivity contribution in [3.63, 3.8) is 0 Å². The maximum atomic E-state index is 13.3. The van der Waals surface area contributed by atoms with E-state index in [1.807, 2.05) is 5.32 Å². The van der Waals surface area contributed by atoms with E-state index in [-0.39, 0.29) is 13.2 Å². The van der Waals surface area contributed by atoms with E-state index >= 15 is 0 Å². The lowest BCUT2D eigenvalue weighted by molar-refractivity contribution is -0.136. The third kappa shape index (κ3) is 5.11. The van der Waals surface area contributed by atoms with Gasteiger partial charge in [-0.3, -0.25) is 9.59 Å². The van der Waals surface area contributed by atoms with Crippen LogP contribution in [0.25, 0.3) is 0 Å². The summed E-state index contributed by atoms with van der Waals surface area (Å²) in [5.74, 6) is -4.07. The van der Waals surface area contributed by atoms with Crippen molar-refractivity contribution in [2.75, 3.05) is 18.5 Å². The topological polar surface area (TPSA) is 78.4 Å². The number of carbonyl (C=O) groups excluding carboxylic acids is 2. The van der Waals surface area contributed by atoms with Crippen LogP contribution in [0.15, 0.2) is 18.2 Å². The van der Waals surface area contributed by atoms with Gasteiger partial charge in [0.05, 0.1) is 0 Å². The second kappa shape index (κ2) is 7.12. The molecular formula is C14H18F2N2O3. The molecule has 1 rings (SSSR count). The van der Waals surface area contributed by atoms with Crippen molar-refractivity contribution >= 4 is 17.5 Å². The van der Waals surface area contributed by atoms with E-state index in [4.69, 9.17) is 5.11 Å². The third-order valence-corrected chi connectivity index (χ3v) is 2.92. The summed E-state index contributed by atoms with van der Waals surface area (Å²) < 4.78 is 26.7. The van der Waals surface area contributed by atoms with Gasteiger partial charge >= 0.3 is 11.8 Å². The van der Waals surface area contributed by atoms with Crippen LogP contribution in [0, 0.1) is 17.0 Å². The molecule has 0 aliphatic rings. The maximum absolute atomic E-state index is 13.3. The van der Waals surface area contributed by atoms with Gasteiger partial charge in [-0.15, -0.1) is 0 Å². The molecule has 116 valence electrons. The van der Waals surface area contributed by atoms with Gasteiger partial charge in [-0.25, -0.2) is 8.78 Å². The summed E-state index contributed by atoms with van der Waals surface area (Å²) in [6.45, 7) is 3.71. The van der Waals surface area contributed by atoms with Gasteiger partial charge in [0.1, 0.15) is 17.3 Å². The smallest absolute Gasteiger partial charge is 0.313 e. The van der Waals surface area contributed by atoms with E-state index in [2.05, 4.69) is 5.32 Å². The fraction of sp³-hybridized carbons (Fsp3) is 0.429. The molecule has 2 amide bonds. The number of carbonyl (C=O) groups is 2. The average Bonchev–Trinajstić information content (AvgIpc) is 2.40. The Hall–Kier alpha value is -2.02. The average molecular weight is 300 g/mol. The van der Waals surface area contributed by atoms with E-state index in [9.17, 15) is 18.4 Å². The van der Waals surface area contributed by atoms with E-state index in [1.165, 1.54) is 0 Å². The maximum Gasteiger partial charge on any atom is 0.313 e. The van der Waals surface area contributed by atoms with Crippen molar-refractivity contribution in [2.45, 2.75) is 20.3 Å². The second-order valence-corrected chi connectivity index (χ2v) is 5.37. The fourth-order valence-electron chi connectivity index (χ4n) is 1.58. The third-order valence-electron chi connectivity index (χ3n) is 2.92. The Bertz CT molecular complexity index is 513. The zero-order valence-corrected chi connectivity index (χ0v) is 11.9. The lowest BCUT2D eigenvalue weighted by atomic mass is 9.90. The first-order chi connectivity index (χ1) is 9.76. The number of aliphatic hydroxyl groups is 1. The van der Waals surface area contributed by atoms with Crippen molar-refractivity contribution < 1.29 is 23.5 Å². The standard InChI is InChI=1S/C14H18F2N2O3/c1-14(2,6-7-19)8-17-12(20)13(21)18-11-9(15)4-3-5-10(11)16/h3-5,19H,6-8H2,1-2H3,(H,17,20)(H,18,21). The van der Waals surface area contributed by atoms with Gasteiger partial charge in [-0.2, -0.15) is 0 Å². The lowest BCUT2D eigenvalue weighted by Gasteiger charge is -2.23. The molecule has 3 N–H and O–H groups in total. The van der Waals surface area contributed by atoms with Gasteiger partial charge in [-0.05, 0) is 24.0 Å². The fourth-order valence-corrected chi connectivity index (χ4v) is 1.58. The number of benzene rings is 1. The highest BCUT2D eigenvalue weighted by Crippen LogP contribution is 2.19. The molecule has 5 nitrogen and oxygen atoms in total. The minimum Gasteiger partial charge on any atom is -0.396 e. The SMILES string of the molecule is CC(C)(CCO)CNC(=O)C(=O)Nc1c(F)cccc1F. The number of amides is 2. The van der Waals surface area contributed by atoms with Gasteiger partial charge < -0.3 is 15.7 Å². The molecule has 0 heterocycles. The van der Waals surface area contributed by atoms with Crippen LogP contribution in [0.4, 0.5) is 14.5 Å². The molecule has 0 radical (unpaired) electrons. The van der Waals surface area contributed by atoms with Crippen LogP contribution in [0.2, 0.25) is 0 Å². The molecule has 0 aliphatic carbocycles. The predicted molar refractivity (Wildman–Crippen MR) is 73.5 cm³/mol. The number of hydrogen-bond acceptors (Lipinski definition) is 3. The second-order valence-electron chi connectivity index (χ2n) is 5.37. The molecule has 1 aromatic rings. The highest BCUT2D eigenvalue weighted by molar-refractivity contribution is 6.39. The van der Waals surface area contributed by atoms with E-state index in [0.29, 0.717) is 6.42 Å². The van der Waals surface area contributed by atoms with Gasteiger partial charge in [0, 0.05) is 13.2 Å². The lowest BCUT2D eigenvalue weighted by Crippen LogP contribution is -2.41. The van der Waals surface area contributed by atoms with E-state index in [0.717, 1.165) is 18.2 Å². The summed E-state index contributed by atoms with van der Waals surface area (Å²) in [5, 5.41) is 13.1. The number of aliphatic hydroxyl groups excluding tert-OH is 1. The number of anilines is 1. The Labute approximate surface area is 121 Å². The van der Waals surface area contributed by atoms with Crippen molar-refractivity contribution in [1.29, 1.82) is 0 Å². The normalized spacial score (nSPS) is 11.1. The minimum absolute atomic E-state index is 0.0461. The van der Waals surface area contributed by atoms with Crippen LogP contribution in [-0.4, -0.2) is 30.1 Å². The van der Waals surface area contributed by atoms with Gasteiger partial charge in [0.25, 0.3) is 0 Å². The van der Waals surface area contributed by atoms with Crippen LogP contribution in [0.3, 0.4) is 0 Å². The Morgan fingerprint density at radius 2 is 1.76 bits per heavy atom. The molecule has 0 atom stereocenters. The van der Waals surface area contributed by atoms with Crippen molar-refractivity contribution in [3.8, 4) is 0 Å². The predicted octanol–water partition coefficient (Wildman–Crippen LogP) is 1.43. The zero-order valence-electron chi connectivity index (χ0n) is 11.9. The van der Waals surface area contributed by atoms with E-state index < -0.39 is 34.6 Å². The van der Waals surface area contributed by atoms with Crippen molar-refractivity contribution in [3.05, 3.63) is 29.8 Å². The Kier molecular flexibility index (Phi) is 5.78. The van der Waals surface area contributed by atoms with Crippen molar-refractivity contribution in [2.24, 2.45) is 5.41 Å². The largest absolute Gasteiger partial charge is 0.396 e. The number of rotatable bonds is 5. The van der Waals surface area contributed by atoms with Gasteiger partial charge in [0.15, 0.2) is 0 Å². The number of hydrogen-bond donors (Lipinski definition) is 3. The first-order valence-corrected chi connectivity index (χ1v) is 6.41. The minimum atomic E-state index is -1.15. The molecule has 0 unspecified atom stereocenters. The Morgan fingerprint density at radius 1 is 1.19 bits per heavy atom. The molecule has 0 saturated carbocycles. The van der Waals surface area contributed by atoms with Crippen LogP contribution in [0.5, 0.6) is 0 Å². The van der Waals surface area contributed by atoms with Crippen LogP contribution in [0.1, 0.15) is 20.3 Å². The molecule has 0 saturated heterocycles. The highest BCUT2D eigenvalue weighted by atomic mass is 19.1. The monoisotopic (exact) mass is 300 g/mol. The summed E-state index contributed by atoms with van der Waals surface area (Å²) in [6.07, 6.45) is 0.441. The zero-order chi connectivity index (χ0) is 16.0. The quantitative estimate of drug-likeness (QED) is 0.720. The van der Waals surface area contributed by atoms with E-state index in [1.54, 1.807) is 13.8 Å². The summed E-state index contributed by atoms with van der Waals surface area (Å²) in [7, 11) is 0. The van der Waals surface area contributed by atoms with Crippen LogP contribution >= 0.6 is 0 Å². The number of nitrogens with one attached hydrogen (secondary N) is 2. The van der Waals surface area contributed by atoms with Crippen LogP contribution in [-0.2, 0) is 9.59 Å². The summed E-state index contributed by atoms with van der Waals surface area (Å²) in [4.78, 5) is 23.2. The molecule has 0 bridgehead atoms. The molecule has 0 fully saturated rings. The molecule has 7 heteroatoms. The summed E-state index contributed by atoms with van der Waals surface area (Å²) in [6, 6.07) is 3.10. The van der Waals surface area contributed by atoms with Gasteiger partial charge in [-0.1, -0.05) is 19.9 Å².